The van der Waals surface area contributed by atoms with E-state index in [1.807, 2.05) is 0 Å². The van der Waals surface area contributed by atoms with Gasteiger partial charge >= 0.3 is 0 Å². The van der Waals surface area contributed by atoms with Gasteiger partial charge in [0.2, 0.25) is 0 Å². The first-order valence-electron chi connectivity index (χ1n) is 4.48. The van der Waals surface area contributed by atoms with Crippen molar-refractivity contribution < 1.29 is 13.2 Å². The van der Waals surface area contributed by atoms with E-state index in [2.05, 4.69) is 0 Å². The van der Waals surface area contributed by atoms with Crippen LogP contribution in [0.4, 0.5) is 13.2 Å². The van der Waals surface area contributed by atoms with Crippen LogP contribution >= 0.6 is 0 Å². The lowest BCUT2D eigenvalue weighted by Crippen LogP contribution is -2.03. The Balaban J connectivity index is 2.32. The highest BCUT2D eigenvalue weighted by molar-refractivity contribution is 5.29. The summed E-state index contributed by atoms with van der Waals surface area (Å²) in [7, 11) is 0. The average molecular weight is 201 g/mol. The van der Waals surface area contributed by atoms with Crippen LogP contribution in [-0.2, 0) is 0 Å². The molecule has 76 valence electrons. The van der Waals surface area contributed by atoms with Gasteiger partial charge in [0.05, 0.1) is 0 Å². The normalized spacial score (nSPS) is 25.1. The molecule has 0 saturated heterocycles. The first-order valence-corrected chi connectivity index (χ1v) is 4.48. The van der Waals surface area contributed by atoms with Crippen molar-refractivity contribution in [3.05, 3.63) is 35.1 Å². The molecule has 0 heterocycles. The van der Waals surface area contributed by atoms with Crippen molar-refractivity contribution in [2.45, 2.75) is 12.3 Å². The minimum absolute atomic E-state index is 0.0323. The molecule has 0 bridgehead atoms. The molecular formula is C10H10F3N. The van der Waals surface area contributed by atoms with Crippen molar-refractivity contribution in [1.82, 2.24) is 0 Å². The molecule has 2 N–H and O–H groups in total. The topological polar surface area (TPSA) is 26.0 Å². The fourth-order valence-electron chi connectivity index (χ4n) is 1.72. The van der Waals surface area contributed by atoms with Gasteiger partial charge in [0.1, 0.15) is 0 Å². The van der Waals surface area contributed by atoms with Crippen LogP contribution in [0.5, 0.6) is 0 Å². The molecule has 0 unspecified atom stereocenters. The molecule has 4 heteroatoms. The summed E-state index contributed by atoms with van der Waals surface area (Å²) in [6.45, 7) is 0.461. The summed E-state index contributed by atoms with van der Waals surface area (Å²) in [5.41, 5.74) is 5.64. The lowest BCUT2D eigenvalue weighted by molar-refractivity contribution is 0.440. The van der Waals surface area contributed by atoms with E-state index in [1.54, 1.807) is 0 Å². The van der Waals surface area contributed by atoms with Crippen LogP contribution in [0, 0.1) is 23.4 Å². The van der Waals surface area contributed by atoms with Crippen LogP contribution in [0.2, 0.25) is 0 Å². The largest absolute Gasteiger partial charge is 0.330 e. The Morgan fingerprint density at radius 2 is 1.93 bits per heavy atom. The average Bonchev–Trinajstić information content (AvgIpc) is 2.94. The number of benzene rings is 1. The first-order chi connectivity index (χ1) is 6.65. The van der Waals surface area contributed by atoms with E-state index in [0.717, 1.165) is 12.5 Å². The SMILES string of the molecule is NC[C@@H]1C[C@H]1c1ccc(F)c(F)c1F. The molecule has 1 aliphatic carbocycles. The molecule has 2 atom stereocenters. The van der Waals surface area contributed by atoms with Gasteiger partial charge in [-0.25, -0.2) is 13.2 Å². The number of rotatable bonds is 2. The highest BCUT2D eigenvalue weighted by Crippen LogP contribution is 2.47. The Kier molecular flexibility index (Phi) is 2.23. The molecule has 0 radical (unpaired) electrons. The zero-order valence-corrected chi connectivity index (χ0v) is 7.43. The van der Waals surface area contributed by atoms with E-state index in [1.165, 1.54) is 6.07 Å². The van der Waals surface area contributed by atoms with Crippen molar-refractivity contribution >= 4 is 0 Å². The van der Waals surface area contributed by atoms with Crippen LogP contribution < -0.4 is 5.73 Å². The van der Waals surface area contributed by atoms with E-state index in [9.17, 15) is 13.2 Å². The van der Waals surface area contributed by atoms with Crippen LogP contribution in [0.25, 0.3) is 0 Å². The molecule has 1 saturated carbocycles. The molecule has 1 aromatic carbocycles. The third-order valence-corrected chi connectivity index (χ3v) is 2.69. The maximum atomic E-state index is 13.2. The highest BCUT2D eigenvalue weighted by atomic mass is 19.2. The van der Waals surface area contributed by atoms with Crippen LogP contribution in [0.15, 0.2) is 12.1 Å². The van der Waals surface area contributed by atoms with Crippen molar-refractivity contribution in [2.75, 3.05) is 6.54 Å². The quantitative estimate of drug-likeness (QED) is 0.729. The van der Waals surface area contributed by atoms with E-state index in [4.69, 9.17) is 5.73 Å². The van der Waals surface area contributed by atoms with Gasteiger partial charge in [-0.3, -0.25) is 0 Å². The molecule has 0 aromatic heterocycles. The van der Waals surface area contributed by atoms with E-state index in [0.29, 0.717) is 6.54 Å². The summed E-state index contributed by atoms with van der Waals surface area (Å²) in [5.74, 6) is -3.41. The summed E-state index contributed by atoms with van der Waals surface area (Å²) in [4.78, 5) is 0. The third-order valence-electron chi connectivity index (χ3n) is 2.69. The molecule has 1 aliphatic rings. The Hall–Kier alpha value is -1.03. The third kappa shape index (κ3) is 1.39. The number of nitrogens with two attached hydrogens (primary N) is 1. The second-order valence-electron chi connectivity index (χ2n) is 3.60. The monoisotopic (exact) mass is 201 g/mol. The van der Waals surface area contributed by atoms with Gasteiger partial charge in [0.25, 0.3) is 0 Å². The molecule has 0 amide bonds. The van der Waals surface area contributed by atoms with Gasteiger partial charge in [-0.1, -0.05) is 6.07 Å². The summed E-state index contributed by atoms with van der Waals surface area (Å²) in [5, 5.41) is 0. The van der Waals surface area contributed by atoms with E-state index >= 15 is 0 Å². The number of halogens is 3. The first kappa shape index (κ1) is 9.52. The second kappa shape index (κ2) is 3.28. The summed E-state index contributed by atoms with van der Waals surface area (Å²) in [6.07, 6.45) is 0.762. The Morgan fingerprint density at radius 1 is 1.21 bits per heavy atom. The number of hydrogen-bond acceptors (Lipinski definition) is 1. The predicted octanol–water partition coefficient (Wildman–Crippen LogP) is 2.17. The Morgan fingerprint density at radius 3 is 2.50 bits per heavy atom. The molecule has 0 spiro atoms. The van der Waals surface area contributed by atoms with E-state index in [-0.39, 0.29) is 17.4 Å². The molecule has 1 nitrogen and oxygen atoms in total. The standard InChI is InChI=1S/C10H10F3N/c11-8-2-1-6(9(12)10(8)13)7-3-5(7)4-14/h1-2,5,7H,3-4,14H2/t5-,7+/m0/s1. The van der Waals surface area contributed by atoms with Gasteiger partial charge in [0, 0.05) is 0 Å². The Bertz CT molecular complexity index is 365. The van der Waals surface area contributed by atoms with Crippen molar-refractivity contribution in [1.29, 1.82) is 0 Å². The van der Waals surface area contributed by atoms with Gasteiger partial charge in [0.15, 0.2) is 17.5 Å². The predicted molar refractivity (Wildman–Crippen MR) is 46.2 cm³/mol. The van der Waals surface area contributed by atoms with E-state index < -0.39 is 17.5 Å². The fourth-order valence-corrected chi connectivity index (χ4v) is 1.72. The molecule has 14 heavy (non-hydrogen) atoms. The summed E-state index contributed by atoms with van der Waals surface area (Å²) in [6, 6.07) is 2.26. The van der Waals surface area contributed by atoms with Crippen LogP contribution in [0.3, 0.4) is 0 Å². The summed E-state index contributed by atoms with van der Waals surface area (Å²) >= 11 is 0. The van der Waals surface area contributed by atoms with Gasteiger partial charge in [-0.2, -0.15) is 0 Å². The lowest BCUT2D eigenvalue weighted by atomic mass is 10.1. The van der Waals surface area contributed by atoms with Crippen molar-refractivity contribution in [2.24, 2.45) is 11.7 Å². The van der Waals surface area contributed by atoms with Gasteiger partial charge in [-0.05, 0) is 36.4 Å². The van der Waals surface area contributed by atoms with Crippen molar-refractivity contribution in [3.63, 3.8) is 0 Å². The second-order valence-corrected chi connectivity index (χ2v) is 3.60. The van der Waals surface area contributed by atoms with Crippen LogP contribution in [-0.4, -0.2) is 6.54 Å². The molecule has 2 rings (SSSR count). The van der Waals surface area contributed by atoms with Gasteiger partial charge in [-0.15, -0.1) is 0 Å². The molecular weight excluding hydrogens is 191 g/mol. The minimum atomic E-state index is -1.38. The lowest BCUT2D eigenvalue weighted by Gasteiger charge is -2.03. The van der Waals surface area contributed by atoms with Crippen molar-refractivity contribution in [3.8, 4) is 0 Å². The minimum Gasteiger partial charge on any atom is -0.330 e. The zero-order valence-electron chi connectivity index (χ0n) is 7.43. The molecule has 1 fully saturated rings. The van der Waals surface area contributed by atoms with Crippen LogP contribution in [0.1, 0.15) is 17.9 Å². The maximum absolute atomic E-state index is 13.2. The fraction of sp³-hybridized carbons (Fsp3) is 0.400. The molecule has 1 aromatic rings. The molecule has 0 aliphatic heterocycles. The summed E-state index contributed by atoms with van der Waals surface area (Å²) < 4.78 is 38.6. The zero-order chi connectivity index (χ0) is 10.3. The Labute approximate surface area is 79.7 Å². The van der Waals surface area contributed by atoms with Gasteiger partial charge < -0.3 is 5.73 Å². The smallest absolute Gasteiger partial charge is 0.194 e. The number of hydrogen-bond donors (Lipinski definition) is 1. The highest BCUT2D eigenvalue weighted by Gasteiger charge is 2.39. The maximum Gasteiger partial charge on any atom is 0.194 e.